The maximum atomic E-state index is 12.6. The Morgan fingerprint density at radius 1 is 0.585 bits per heavy atom. The van der Waals surface area contributed by atoms with E-state index in [0.29, 0.717) is 12.8 Å². The average Bonchev–Trinajstić information content (AvgIpc) is 3.13. The van der Waals surface area contributed by atoms with Crippen molar-refractivity contribution in [2.75, 3.05) is 19.8 Å². The van der Waals surface area contributed by atoms with E-state index in [1.54, 1.807) is 0 Å². The van der Waals surface area contributed by atoms with Crippen LogP contribution in [0.1, 0.15) is 174 Å². The highest BCUT2D eigenvalue weighted by molar-refractivity contribution is 7.47. The molecule has 0 aromatic rings. The summed E-state index contributed by atoms with van der Waals surface area (Å²) in [4.78, 5) is 45.8. The molecule has 53 heavy (non-hydrogen) atoms. The van der Waals surface area contributed by atoms with Crippen molar-refractivity contribution in [3.63, 3.8) is 0 Å². The maximum Gasteiger partial charge on any atom is 0.472 e. The first-order valence-corrected chi connectivity index (χ1v) is 22.0. The van der Waals surface area contributed by atoms with Gasteiger partial charge >= 0.3 is 25.7 Å². The smallest absolute Gasteiger partial charge is 0.472 e. The maximum absolute atomic E-state index is 12.6. The van der Waals surface area contributed by atoms with E-state index >= 15 is 0 Å². The zero-order valence-corrected chi connectivity index (χ0v) is 34.0. The van der Waals surface area contributed by atoms with Crippen LogP contribution in [0.15, 0.2) is 36.5 Å². The van der Waals surface area contributed by atoms with Crippen LogP contribution < -0.4 is 5.73 Å². The van der Waals surface area contributed by atoms with Crippen molar-refractivity contribution in [2.24, 2.45) is 5.73 Å². The van der Waals surface area contributed by atoms with E-state index in [0.717, 1.165) is 64.2 Å². The minimum absolute atomic E-state index is 0.117. The van der Waals surface area contributed by atoms with Gasteiger partial charge in [-0.15, -0.1) is 0 Å². The lowest BCUT2D eigenvalue weighted by atomic mass is 10.1. The number of phosphoric acid groups is 1. The van der Waals surface area contributed by atoms with Gasteiger partial charge in [0.15, 0.2) is 6.10 Å². The van der Waals surface area contributed by atoms with Gasteiger partial charge in [0.05, 0.1) is 13.2 Å². The van der Waals surface area contributed by atoms with Gasteiger partial charge < -0.3 is 25.2 Å². The fourth-order valence-corrected chi connectivity index (χ4v) is 6.10. The van der Waals surface area contributed by atoms with Crippen LogP contribution in [0.5, 0.6) is 0 Å². The highest BCUT2D eigenvalue weighted by atomic mass is 31.2. The van der Waals surface area contributed by atoms with Crippen molar-refractivity contribution in [3.8, 4) is 0 Å². The molecular weight excluding hydrogens is 697 g/mol. The van der Waals surface area contributed by atoms with Crippen LogP contribution in [0.2, 0.25) is 0 Å². The Morgan fingerprint density at radius 2 is 1.00 bits per heavy atom. The van der Waals surface area contributed by atoms with Gasteiger partial charge in [-0.3, -0.25) is 23.4 Å². The Balaban J connectivity index is 4.47. The zero-order chi connectivity index (χ0) is 39.3. The van der Waals surface area contributed by atoms with Crippen LogP contribution in [0.3, 0.4) is 0 Å². The van der Waals surface area contributed by atoms with Gasteiger partial charge in [0.1, 0.15) is 12.6 Å². The van der Waals surface area contributed by atoms with Gasteiger partial charge in [0, 0.05) is 12.8 Å². The molecule has 0 radical (unpaired) electrons. The molecule has 0 bridgehead atoms. The molecule has 0 aliphatic carbocycles. The molecular formula is C41H74NO10P. The van der Waals surface area contributed by atoms with Crippen molar-refractivity contribution in [3.05, 3.63) is 36.5 Å². The number of aliphatic carboxylic acids is 1. The van der Waals surface area contributed by atoms with Crippen LogP contribution in [-0.4, -0.2) is 59.9 Å². The third-order valence-corrected chi connectivity index (χ3v) is 9.56. The molecule has 0 aromatic heterocycles. The number of nitrogens with two attached hydrogens (primary N) is 1. The topological polar surface area (TPSA) is 172 Å². The molecule has 0 saturated heterocycles. The number of carboxylic acids is 1. The molecule has 0 amide bonds. The molecule has 0 saturated carbocycles. The number of unbranched alkanes of at least 4 members (excludes halogenated alkanes) is 18. The molecule has 0 fully saturated rings. The summed E-state index contributed by atoms with van der Waals surface area (Å²) in [5, 5.41) is 8.87. The van der Waals surface area contributed by atoms with E-state index in [2.05, 4.69) is 54.8 Å². The largest absolute Gasteiger partial charge is 0.480 e. The van der Waals surface area contributed by atoms with E-state index < -0.39 is 51.1 Å². The van der Waals surface area contributed by atoms with E-state index in [-0.39, 0.29) is 19.4 Å². The van der Waals surface area contributed by atoms with Gasteiger partial charge in [0.25, 0.3) is 0 Å². The summed E-state index contributed by atoms with van der Waals surface area (Å²) < 4.78 is 32.6. The fraction of sp³-hybridized carbons (Fsp3) is 0.780. The Kier molecular flexibility index (Phi) is 35.1. The quantitative estimate of drug-likeness (QED) is 0.0236. The molecule has 4 N–H and O–H groups in total. The molecule has 1 unspecified atom stereocenters. The lowest BCUT2D eigenvalue weighted by molar-refractivity contribution is -0.161. The Bertz CT molecular complexity index is 1050. The predicted molar refractivity (Wildman–Crippen MR) is 212 cm³/mol. The van der Waals surface area contributed by atoms with Gasteiger partial charge in [-0.2, -0.15) is 0 Å². The van der Waals surface area contributed by atoms with Gasteiger partial charge in [-0.1, -0.05) is 127 Å². The standard InChI is InChI=1S/C41H74NO10P/c1-3-5-7-9-11-13-15-17-19-21-23-25-27-29-31-33-40(44)52-37(35-50-53(47,48)51-36-38(42)41(45)46)34-49-39(43)32-30-28-26-24-22-20-18-16-14-12-10-8-6-4-2/h16-19,23,25,37-38H,3-15,20-22,24,26-36,42H2,1-2H3,(H,45,46)(H,47,48)/b18-16+,19-17+,25-23+/t37-,38+/m1/s1. The van der Waals surface area contributed by atoms with Gasteiger partial charge in [-0.25, -0.2) is 4.57 Å². The van der Waals surface area contributed by atoms with Crippen LogP contribution in [0.25, 0.3) is 0 Å². The van der Waals surface area contributed by atoms with Crippen LogP contribution in [0.4, 0.5) is 0 Å². The minimum atomic E-state index is -4.72. The second kappa shape index (κ2) is 36.7. The van der Waals surface area contributed by atoms with Crippen molar-refractivity contribution in [1.82, 2.24) is 0 Å². The zero-order valence-electron chi connectivity index (χ0n) is 33.1. The summed E-state index contributed by atoms with van der Waals surface area (Å²) in [5.41, 5.74) is 5.32. The number of allylic oxidation sites excluding steroid dienone is 6. The number of carbonyl (C=O) groups excluding carboxylic acids is 2. The molecule has 0 heterocycles. The molecule has 0 aliphatic heterocycles. The van der Waals surface area contributed by atoms with Crippen LogP contribution >= 0.6 is 7.82 Å². The summed E-state index contributed by atoms with van der Waals surface area (Å²) in [5.74, 6) is -2.43. The lowest BCUT2D eigenvalue weighted by Gasteiger charge is -2.20. The molecule has 12 heteroatoms. The molecule has 0 aliphatic rings. The first kappa shape index (κ1) is 50.7. The SMILES string of the molecule is CCCCCCC/C=C/CCCCCCCC(=O)OC[C@H](COP(=O)(O)OC[C@H](N)C(=O)O)OC(=O)CCCC/C=C/C/C=C/CCCCCCCC. The van der Waals surface area contributed by atoms with Crippen LogP contribution in [0, 0.1) is 0 Å². The van der Waals surface area contributed by atoms with E-state index in [1.807, 2.05) is 0 Å². The second-order valence-corrected chi connectivity index (χ2v) is 15.2. The number of carbonyl (C=O) groups is 3. The Morgan fingerprint density at radius 3 is 1.53 bits per heavy atom. The first-order chi connectivity index (χ1) is 25.6. The number of hydrogen-bond donors (Lipinski definition) is 3. The number of hydrogen-bond acceptors (Lipinski definition) is 9. The second-order valence-electron chi connectivity index (χ2n) is 13.8. The number of carboxylic acid groups (broad SMARTS) is 1. The summed E-state index contributed by atoms with van der Waals surface area (Å²) in [7, 11) is -4.72. The Labute approximate surface area is 321 Å². The number of ether oxygens (including phenoxy) is 2. The number of esters is 2. The summed E-state index contributed by atoms with van der Waals surface area (Å²) in [6.07, 6.45) is 37.8. The molecule has 0 aromatic carbocycles. The molecule has 3 atom stereocenters. The molecule has 0 rings (SSSR count). The third kappa shape index (κ3) is 36.4. The lowest BCUT2D eigenvalue weighted by Crippen LogP contribution is -2.34. The number of phosphoric ester groups is 1. The van der Waals surface area contributed by atoms with Crippen molar-refractivity contribution in [2.45, 2.75) is 187 Å². The highest BCUT2D eigenvalue weighted by Gasteiger charge is 2.28. The summed E-state index contributed by atoms with van der Waals surface area (Å²) in [6.45, 7) is 2.73. The first-order valence-electron chi connectivity index (χ1n) is 20.5. The third-order valence-electron chi connectivity index (χ3n) is 8.61. The number of rotatable bonds is 38. The molecule has 308 valence electrons. The summed E-state index contributed by atoms with van der Waals surface area (Å²) >= 11 is 0. The fourth-order valence-electron chi connectivity index (χ4n) is 5.32. The normalized spacial score (nSPS) is 14.2. The van der Waals surface area contributed by atoms with Crippen LogP contribution in [-0.2, 0) is 37.5 Å². The average molecular weight is 772 g/mol. The monoisotopic (exact) mass is 772 g/mol. The Hall–Kier alpha value is -2.30. The van der Waals surface area contributed by atoms with Crippen molar-refractivity contribution >= 4 is 25.7 Å². The van der Waals surface area contributed by atoms with Crippen molar-refractivity contribution < 1.29 is 47.5 Å². The summed E-state index contributed by atoms with van der Waals surface area (Å²) in [6, 6.07) is -1.53. The minimum Gasteiger partial charge on any atom is -0.480 e. The predicted octanol–water partition coefficient (Wildman–Crippen LogP) is 10.4. The van der Waals surface area contributed by atoms with Crippen molar-refractivity contribution in [1.29, 1.82) is 0 Å². The molecule has 11 nitrogen and oxygen atoms in total. The highest BCUT2D eigenvalue weighted by Crippen LogP contribution is 2.43. The molecule has 0 spiro atoms. The van der Waals surface area contributed by atoms with Gasteiger partial charge in [0.2, 0.25) is 0 Å². The van der Waals surface area contributed by atoms with E-state index in [4.69, 9.17) is 24.8 Å². The van der Waals surface area contributed by atoms with E-state index in [1.165, 1.54) is 70.6 Å². The van der Waals surface area contributed by atoms with Gasteiger partial charge in [-0.05, 0) is 70.6 Å². The van der Waals surface area contributed by atoms with E-state index in [9.17, 15) is 23.8 Å².